The molecule has 2 aliphatic rings. The van der Waals surface area contributed by atoms with Gasteiger partial charge >= 0.3 is 5.97 Å². The summed E-state index contributed by atoms with van der Waals surface area (Å²) in [6.07, 6.45) is 0.574. The molecule has 0 saturated carbocycles. The molecule has 1 aromatic carbocycles. The maximum absolute atomic E-state index is 12.7. The summed E-state index contributed by atoms with van der Waals surface area (Å²) < 4.78 is 31.7. The molecule has 0 bridgehead atoms. The average molecular weight is 396 g/mol. The highest BCUT2D eigenvalue weighted by Crippen LogP contribution is 2.26. The number of nitrogens with zero attached hydrogens (tertiary/aromatic N) is 2. The van der Waals surface area contributed by atoms with Crippen molar-refractivity contribution in [1.29, 1.82) is 0 Å². The lowest BCUT2D eigenvalue weighted by Gasteiger charge is -2.30. The molecular weight excluding hydrogens is 376 g/mol. The van der Waals surface area contributed by atoms with Gasteiger partial charge in [-0.3, -0.25) is 9.59 Å². The number of hydroxylamine groups is 2. The van der Waals surface area contributed by atoms with Gasteiger partial charge in [0.25, 0.3) is 11.8 Å². The van der Waals surface area contributed by atoms with Crippen LogP contribution in [-0.2, 0) is 29.2 Å². The van der Waals surface area contributed by atoms with Crippen LogP contribution in [0.25, 0.3) is 0 Å². The van der Waals surface area contributed by atoms with Gasteiger partial charge in [-0.1, -0.05) is 0 Å². The lowest BCUT2D eigenvalue weighted by atomic mass is 9.99. The number of rotatable bonds is 5. The van der Waals surface area contributed by atoms with Crippen molar-refractivity contribution in [1.82, 2.24) is 9.37 Å². The number of piperidine rings is 1. The van der Waals surface area contributed by atoms with Crippen LogP contribution in [0.15, 0.2) is 29.2 Å². The normalized spacial score (nSPS) is 19.4. The fourth-order valence-corrected chi connectivity index (χ4v) is 4.52. The zero-order valence-corrected chi connectivity index (χ0v) is 15.6. The predicted octanol–water partition coefficient (Wildman–Crippen LogP) is 0.703. The van der Waals surface area contributed by atoms with Crippen LogP contribution in [-0.4, -0.2) is 55.8 Å². The molecular formula is C17H20N2O7S. The lowest BCUT2D eigenvalue weighted by Crippen LogP contribution is -2.42. The molecule has 0 aliphatic carbocycles. The van der Waals surface area contributed by atoms with Crippen LogP contribution in [0.2, 0.25) is 0 Å². The highest BCUT2D eigenvalue weighted by atomic mass is 32.2. The number of imide groups is 1. The van der Waals surface area contributed by atoms with Gasteiger partial charge in [-0.05, 0) is 37.1 Å². The van der Waals surface area contributed by atoms with Gasteiger partial charge in [-0.2, -0.15) is 4.31 Å². The first-order valence-corrected chi connectivity index (χ1v) is 9.98. The number of benzene rings is 1. The fraction of sp³-hybridized carbons (Fsp3) is 0.471. The number of amides is 2. The molecule has 0 atom stereocenters. The maximum Gasteiger partial charge on any atom is 0.336 e. The van der Waals surface area contributed by atoms with E-state index in [-0.39, 0.29) is 43.7 Å². The van der Waals surface area contributed by atoms with E-state index in [0.717, 1.165) is 0 Å². The molecule has 3 rings (SSSR count). The van der Waals surface area contributed by atoms with E-state index in [4.69, 9.17) is 9.57 Å². The molecule has 1 aromatic rings. The highest BCUT2D eigenvalue weighted by Gasteiger charge is 2.37. The Morgan fingerprint density at radius 1 is 1.04 bits per heavy atom. The summed E-state index contributed by atoms with van der Waals surface area (Å²) in [7, 11) is -2.17. The zero-order valence-electron chi connectivity index (χ0n) is 14.8. The maximum atomic E-state index is 12.7. The molecule has 0 radical (unpaired) electrons. The topological polar surface area (TPSA) is 110 Å². The van der Waals surface area contributed by atoms with Gasteiger partial charge in [0.05, 0.1) is 17.9 Å². The zero-order chi connectivity index (χ0) is 19.6. The van der Waals surface area contributed by atoms with Crippen LogP contribution >= 0.6 is 0 Å². The standard InChI is InChI=1S/C17H20N2O7S/c1-25-13-2-4-14(5-3-13)27(23,24)18-10-8-12(9-11-18)17(22)26-19-15(20)6-7-16(19)21/h2-5,12H,6-11H2,1H3. The van der Waals surface area contributed by atoms with Gasteiger partial charge in [0.15, 0.2) is 0 Å². The molecule has 27 heavy (non-hydrogen) atoms. The molecule has 0 N–H and O–H groups in total. The summed E-state index contributed by atoms with van der Waals surface area (Å²) in [5, 5.41) is 0.517. The molecule has 146 valence electrons. The van der Waals surface area contributed by atoms with Crippen LogP contribution < -0.4 is 4.74 Å². The number of methoxy groups -OCH3 is 1. The predicted molar refractivity (Wildman–Crippen MR) is 91.7 cm³/mol. The monoisotopic (exact) mass is 396 g/mol. The van der Waals surface area contributed by atoms with E-state index >= 15 is 0 Å². The minimum absolute atomic E-state index is 0.0324. The summed E-state index contributed by atoms with van der Waals surface area (Å²) in [5.74, 6) is -1.75. The van der Waals surface area contributed by atoms with E-state index in [1.54, 1.807) is 12.1 Å². The summed E-state index contributed by atoms with van der Waals surface area (Å²) in [4.78, 5) is 40.3. The van der Waals surface area contributed by atoms with E-state index in [0.29, 0.717) is 10.8 Å². The van der Waals surface area contributed by atoms with E-state index in [1.807, 2.05) is 0 Å². The van der Waals surface area contributed by atoms with Gasteiger partial charge in [-0.15, -0.1) is 5.06 Å². The molecule has 0 aromatic heterocycles. The van der Waals surface area contributed by atoms with Gasteiger partial charge in [0.2, 0.25) is 10.0 Å². The van der Waals surface area contributed by atoms with E-state index in [9.17, 15) is 22.8 Å². The largest absolute Gasteiger partial charge is 0.497 e. The molecule has 10 heteroatoms. The number of carbonyl (C=O) groups is 3. The first-order chi connectivity index (χ1) is 12.8. The Kier molecular flexibility index (Phi) is 5.47. The highest BCUT2D eigenvalue weighted by molar-refractivity contribution is 7.89. The minimum Gasteiger partial charge on any atom is -0.497 e. The van der Waals surface area contributed by atoms with Crippen LogP contribution in [0.4, 0.5) is 0 Å². The Bertz CT molecular complexity index is 827. The van der Waals surface area contributed by atoms with Gasteiger partial charge in [0.1, 0.15) is 5.75 Å². The summed E-state index contributed by atoms with van der Waals surface area (Å²) >= 11 is 0. The number of sulfonamides is 1. The molecule has 2 amide bonds. The van der Waals surface area contributed by atoms with Crippen LogP contribution in [0.3, 0.4) is 0 Å². The van der Waals surface area contributed by atoms with E-state index in [2.05, 4.69) is 0 Å². The number of carbonyl (C=O) groups excluding carboxylic acids is 3. The third-order valence-corrected chi connectivity index (χ3v) is 6.58. The SMILES string of the molecule is COc1ccc(S(=O)(=O)N2CCC(C(=O)ON3C(=O)CCC3=O)CC2)cc1. The second-order valence-corrected chi connectivity index (χ2v) is 8.28. The van der Waals surface area contributed by atoms with Crippen molar-refractivity contribution in [3.63, 3.8) is 0 Å². The van der Waals surface area contributed by atoms with Crippen molar-refractivity contribution in [3.05, 3.63) is 24.3 Å². The Hall–Kier alpha value is -2.46. The first-order valence-electron chi connectivity index (χ1n) is 8.54. The third-order valence-electron chi connectivity index (χ3n) is 4.67. The Morgan fingerprint density at radius 2 is 1.59 bits per heavy atom. The molecule has 2 aliphatic heterocycles. The number of hydrogen-bond acceptors (Lipinski definition) is 7. The Balaban J connectivity index is 1.59. The fourth-order valence-electron chi connectivity index (χ4n) is 3.05. The molecule has 0 unspecified atom stereocenters. The minimum atomic E-state index is -3.67. The second kappa shape index (κ2) is 7.65. The van der Waals surface area contributed by atoms with Crippen molar-refractivity contribution in [3.8, 4) is 5.75 Å². The molecule has 2 fully saturated rings. The lowest BCUT2D eigenvalue weighted by molar-refractivity contribution is -0.201. The van der Waals surface area contributed by atoms with E-state index in [1.165, 1.54) is 23.5 Å². The van der Waals surface area contributed by atoms with Gasteiger partial charge < -0.3 is 9.57 Å². The average Bonchev–Trinajstić information content (AvgIpc) is 3.00. The molecule has 2 saturated heterocycles. The molecule has 9 nitrogen and oxygen atoms in total. The van der Waals surface area contributed by atoms with Gasteiger partial charge in [-0.25, -0.2) is 13.2 Å². The Morgan fingerprint density at radius 3 is 2.11 bits per heavy atom. The summed E-state index contributed by atoms with van der Waals surface area (Å²) in [6.45, 7) is 0.298. The smallest absolute Gasteiger partial charge is 0.336 e. The summed E-state index contributed by atoms with van der Waals surface area (Å²) in [5.41, 5.74) is 0. The van der Waals surface area contributed by atoms with Crippen molar-refractivity contribution < 1.29 is 32.4 Å². The van der Waals surface area contributed by atoms with Crippen LogP contribution in [0, 0.1) is 5.92 Å². The van der Waals surface area contributed by atoms with Crippen molar-refractivity contribution in [2.24, 2.45) is 5.92 Å². The third kappa shape index (κ3) is 3.96. The van der Waals surface area contributed by atoms with Crippen molar-refractivity contribution in [2.75, 3.05) is 20.2 Å². The summed E-state index contributed by atoms with van der Waals surface area (Å²) in [6, 6.07) is 6.08. The molecule has 2 heterocycles. The van der Waals surface area contributed by atoms with Gasteiger partial charge in [0, 0.05) is 25.9 Å². The van der Waals surface area contributed by atoms with Crippen molar-refractivity contribution >= 4 is 27.8 Å². The first kappa shape index (κ1) is 19.3. The van der Waals surface area contributed by atoms with Crippen LogP contribution in [0.1, 0.15) is 25.7 Å². The number of hydrogen-bond donors (Lipinski definition) is 0. The second-order valence-electron chi connectivity index (χ2n) is 6.35. The molecule has 0 spiro atoms. The van der Waals surface area contributed by atoms with Crippen LogP contribution in [0.5, 0.6) is 5.75 Å². The quantitative estimate of drug-likeness (QED) is 0.674. The van der Waals surface area contributed by atoms with Crippen molar-refractivity contribution in [2.45, 2.75) is 30.6 Å². The number of ether oxygens (including phenoxy) is 1. The Labute approximate surface area is 156 Å². The van der Waals surface area contributed by atoms with E-state index < -0.39 is 33.7 Å².